The highest BCUT2D eigenvalue weighted by molar-refractivity contribution is 6.43. The van der Waals surface area contributed by atoms with Gasteiger partial charge >= 0.3 is 13.1 Å². The molecule has 0 bridgehead atoms. The van der Waals surface area contributed by atoms with E-state index >= 15 is 0 Å². The standard InChI is InChI=1S/C22H28BN3O6.CH2O2/c27-20(12-15-4-6-16(7-5-15)14-26-10-8-24-9-11-26)25-19(23(31)32)13-17-2-1-3-18(21(17)28)22(29)30;2-1-3/h1-7,19,24,28,31-32H,8-14H2,(H,25,27)(H,29,30);1H,(H,2,3)/t19-;/m0./s1. The molecule has 0 aromatic heterocycles. The lowest BCUT2D eigenvalue weighted by Gasteiger charge is -2.27. The third-order valence-corrected chi connectivity index (χ3v) is 5.50. The molecule has 1 heterocycles. The van der Waals surface area contributed by atoms with E-state index in [1.165, 1.54) is 18.2 Å². The fraction of sp³-hybridized carbons (Fsp3) is 0.348. The van der Waals surface area contributed by atoms with Crippen LogP contribution in [0.3, 0.4) is 0 Å². The lowest BCUT2D eigenvalue weighted by molar-refractivity contribution is -0.123. The Bertz CT molecular complexity index is 981. The van der Waals surface area contributed by atoms with Crippen molar-refractivity contribution in [2.45, 2.75) is 25.3 Å². The largest absolute Gasteiger partial charge is 0.507 e. The van der Waals surface area contributed by atoms with Crippen LogP contribution >= 0.6 is 0 Å². The second-order valence-electron chi connectivity index (χ2n) is 8.04. The molecule has 2 aromatic carbocycles. The van der Waals surface area contributed by atoms with Gasteiger partial charge in [-0.15, -0.1) is 0 Å². The summed E-state index contributed by atoms with van der Waals surface area (Å²) in [5, 5.41) is 51.4. The van der Waals surface area contributed by atoms with Crippen molar-refractivity contribution in [2.24, 2.45) is 0 Å². The molecule has 11 nitrogen and oxygen atoms in total. The number of carboxylic acids is 1. The Morgan fingerprint density at radius 1 is 1.09 bits per heavy atom. The van der Waals surface area contributed by atoms with Crippen molar-refractivity contribution >= 4 is 25.5 Å². The van der Waals surface area contributed by atoms with E-state index in [4.69, 9.17) is 15.0 Å². The Balaban J connectivity index is 0.00000137. The van der Waals surface area contributed by atoms with Crippen molar-refractivity contribution in [3.05, 3.63) is 64.7 Å². The van der Waals surface area contributed by atoms with E-state index in [1.54, 1.807) is 0 Å². The lowest BCUT2D eigenvalue weighted by Crippen LogP contribution is -2.48. The first-order valence-corrected chi connectivity index (χ1v) is 11.0. The zero-order valence-electron chi connectivity index (χ0n) is 19.1. The van der Waals surface area contributed by atoms with Crippen LogP contribution in [-0.2, 0) is 29.0 Å². The summed E-state index contributed by atoms with van der Waals surface area (Å²) in [6, 6.07) is 11.9. The van der Waals surface area contributed by atoms with Gasteiger partial charge in [-0.2, -0.15) is 0 Å². The molecule has 1 aliphatic rings. The Hall–Kier alpha value is -3.45. The minimum Gasteiger partial charge on any atom is -0.507 e. The molecule has 12 heteroatoms. The van der Waals surface area contributed by atoms with Gasteiger partial charge in [0.25, 0.3) is 6.47 Å². The first kappa shape index (κ1) is 27.8. The molecule has 188 valence electrons. The van der Waals surface area contributed by atoms with Gasteiger partial charge in [0.2, 0.25) is 5.91 Å². The predicted octanol–water partition coefficient (Wildman–Crippen LogP) is -0.522. The van der Waals surface area contributed by atoms with E-state index in [0.717, 1.165) is 43.9 Å². The van der Waals surface area contributed by atoms with Gasteiger partial charge in [-0.25, -0.2) is 4.79 Å². The second-order valence-corrected chi connectivity index (χ2v) is 8.04. The molecule has 0 saturated carbocycles. The summed E-state index contributed by atoms with van der Waals surface area (Å²) in [5.74, 6) is -3.27. The number of aromatic hydroxyl groups is 1. The molecule has 1 amide bonds. The molecule has 1 aliphatic heterocycles. The highest BCUT2D eigenvalue weighted by Gasteiger charge is 2.27. The van der Waals surface area contributed by atoms with Crippen LogP contribution < -0.4 is 10.6 Å². The minimum atomic E-state index is -1.88. The quantitative estimate of drug-likeness (QED) is 0.180. The van der Waals surface area contributed by atoms with Crippen LogP contribution in [0.2, 0.25) is 0 Å². The summed E-state index contributed by atoms with van der Waals surface area (Å²) in [4.78, 5) is 34.4. The third-order valence-electron chi connectivity index (χ3n) is 5.50. The van der Waals surface area contributed by atoms with Crippen LogP contribution in [0.25, 0.3) is 0 Å². The molecule has 0 unspecified atom stereocenters. The SMILES string of the molecule is O=C(Cc1ccc(CN2CCNCC2)cc1)N[C@@H](Cc1cccc(C(=O)O)c1O)B(O)O.O=CO. The van der Waals surface area contributed by atoms with Crippen LogP contribution in [0.4, 0.5) is 0 Å². The van der Waals surface area contributed by atoms with Crippen LogP contribution in [0.5, 0.6) is 5.75 Å². The van der Waals surface area contributed by atoms with Crippen molar-refractivity contribution in [3.8, 4) is 5.75 Å². The summed E-state index contributed by atoms with van der Waals surface area (Å²) in [6.45, 7) is 4.56. The summed E-state index contributed by atoms with van der Waals surface area (Å²) in [5.41, 5.74) is 1.85. The Morgan fingerprint density at radius 3 is 2.26 bits per heavy atom. The van der Waals surface area contributed by atoms with E-state index in [0.29, 0.717) is 0 Å². The number of amides is 1. The molecule has 7 N–H and O–H groups in total. The maximum absolute atomic E-state index is 12.5. The third kappa shape index (κ3) is 9.02. The highest BCUT2D eigenvalue weighted by atomic mass is 16.4. The van der Waals surface area contributed by atoms with Gasteiger partial charge in [-0.1, -0.05) is 36.4 Å². The van der Waals surface area contributed by atoms with Gasteiger partial charge in [-0.05, 0) is 29.2 Å². The summed E-state index contributed by atoms with van der Waals surface area (Å²) in [6.07, 6.45) is -0.0850. The van der Waals surface area contributed by atoms with E-state index < -0.39 is 30.7 Å². The number of aromatic carboxylic acids is 1. The maximum Gasteiger partial charge on any atom is 0.475 e. The molecule has 0 radical (unpaired) electrons. The van der Waals surface area contributed by atoms with Crippen molar-refractivity contribution in [1.82, 2.24) is 15.5 Å². The van der Waals surface area contributed by atoms with Gasteiger partial charge in [0.1, 0.15) is 11.3 Å². The van der Waals surface area contributed by atoms with Crippen molar-refractivity contribution < 1.29 is 39.8 Å². The predicted molar refractivity (Wildman–Crippen MR) is 128 cm³/mol. The van der Waals surface area contributed by atoms with Crippen LogP contribution in [0, 0.1) is 0 Å². The number of carboxylic acid groups (broad SMARTS) is 2. The van der Waals surface area contributed by atoms with Gasteiger partial charge in [0.15, 0.2) is 0 Å². The fourth-order valence-electron chi connectivity index (χ4n) is 3.73. The van der Waals surface area contributed by atoms with Gasteiger partial charge in [-0.3, -0.25) is 14.5 Å². The molecule has 3 rings (SSSR count). The minimum absolute atomic E-state index is 0.0539. The molecular weight excluding hydrogens is 457 g/mol. The van der Waals surface area contributed by atoms with E-state index in [1.807, 2.05) is 24.3 Å². The van der Waals surface area contributed by atoms with E-state index in [2.05, 4.69) is 15.5 Å². The van der Waals surface area contributed by atoms with Crippen LogP contribution in [-0.4, -0.2) is 87.9 Å². The Kier molecular flexibility index (Phi) is 11.2. The number of carbonyl (C=O) groups is 3. The maximum atomic E-state index is 12.5. The summed E-state index contributed by atoms with van der Waals surface area (Å²) >= 11 is 0. The monoisotopic (exact) mass is 487 g/mol. The number of piperazine rings is 1. The van der Waals surface area contributed by atoms with Crippen molar-refractivity contribution in [1.29, 1.82) is 0 Å². The number of hydrogen-bond acceptors (Lipinski definition) is 8. The molecule has 1 saturated heterocycles. The van der Waals surface area contributed by atoms with Gasteiger partial charge in [0.05, 0.1) is 12.4 Å². The number of nitrogens with one attached hydrogen (secondary N) is 2. The average Bonchev–Trinajstić information content (AvgIpc) is 2.82. The number of phenols is 1. The first-order valence-electron chi connectivity index (χ1n) is 11.0. The summed E-state index contributed by atoms with van der Waals surface area (Å²) < 4.78 is 0. The van der Waals surface area contributed by atoms with E-state index in [-0.39, 0.29) is 30.4 Å². The Labute approximate surface area is 203 Å². The molecule has 1 atom stereocenters. The van der Waals surface area contributed by atoms with Crippen molar-refractivity contribution in [3.63, 3.8) is 0 Å². The summed E-state index contributed by atoms with van der Waals surface area (Å²) in [7, 11) is -1.88. The van der Waals surface area contributed by atoms with Crippen molar-refractivity contribution in [2.75, 3.05) is 26.2 Å². The fourth-order valence-corrected chi connectivity index (χ4v) is 3.73. The normalized spacial score (nSPS) is 14.2. The smallest absolute Gasteiger partial charge is 0.475 e. The van der Waals surface area contributed by atoms with Gasteiger partial charge in [0, 0.05) is 32.7 Å². The molecule has 2 aromatic rings. The zero-order chi connectivity index (χ0) is 25.8. The average molecular weight is 487 g/mol. The molecular formula is C23H30BN3O8. The van der Waals surface area contributed by atoms with Gasteiger partial charge < -0.3 is 36.0 Å². The Morgan fingerprint density at radius 2 is 1.69 bits per heavy atom. The topological polar surface area (TPSA) is 180 Å². The second kappa shape index (κ2) is 14.1. The number of hydrogen-bond donors (Lipinski definition) is 7. The molecule has 35 heavy (non-hydrogen) atoms. The number of carbonyl (C=O) groups excluding carboxylic acids is 1. The molecule has 0 aliphatic carbocycles. The number of rotatable bonds is 9. The van der Waals surface area contributed by atoms with Crippen LogP contribution in [0.1, 0.15) is 27.0 Å². The lowest BCUT2D eigenvalue weighted by atomic mass is 9.75. The highest BCUT2D eigenvalue weighted by Crippen LogP contribution is 2.24. The zero-order valence-corrected chi connectivity index (χ0v) is 19.1. The first-order chi connectivity index (χ1) is 16.7. The van der Waals surface area contributed by atoms with Crippen LogP contribution in [0.15, 0.2) is 42.5 Å². The number of para-hydroxylation sites is 1. The number of nitrogens with zero attached hydrogens (tertiary/aromatic N) is 1. The molecule has 1 fully saturated rings. The molecule has 0 spiro atoms. The number of benzene rings is 2. The van der Waals surface area contributed by atoms with E-state index in [9.17, 15) is 24.7 Å².